The fourth-order valence-corrected chi connectivity index (χ4v) is 5.64. The van der Waals surface area contributed by atoms with Gasteiger partial charge in [-0.1, -0.05) is 32.0 Å². The van der Waals surface area contributed by atoms with E-state index in [0.29, 0.717) is 17.8 Å². The monoisotopic (exact) mass is 360 g/mol. The van der Waals surface area contributed by atoms with Crippen LogP contribution in [-0.2, 0) is 19.2 Å². The summed E-state index contributed by atoms with van der Waals surface area (Å²) in [6, 6.07) is 9.87. The average molecular weight is 360 g/mol. The lowest BCUT2D eigenvalue weighted by Gasteiger charge is -2.60. The molecule has 1 aromatic rings. The normalized spacial score (nSPS) is 50.0. The molecule has 5 fully saturated rings. The van der Waals surface area contributed by atoms with Gasteiger partial charge in [0.15, 0.2) is 11.9 Å². The fraction of sp³-hybridized carbons (Fsp3) is 0.714. The van der Waals surface area contributed by atoms with Crippen molar-refractivity contribution in [2.45, 2.75) is 70.4 Å². The number of fused-ring (bicyclic) bond motifs is 2. The highest BCUT2D eigenvalue weighted by Gasteiger charge is 2.69. The van der Waals surface area contributed by atoms with Crippen molar-refractivity contribution in [1.82, 2.24) is 0 Å². The number of rotatable bonds is 2. The Balaban J connectivity index is 1.50. The van der Waals surface area contributed by atoms with Crippen LogP contribution in [0.2, 0.25) is 0 Å². The van der Waals surface area contributed by atoms with Gasteiger partial charge in [0.25, 0.3) is 0 Å². The van der Waals surface area contributed by atoms with Crippen LogP contribution in [0.1, 0.15) is 46.5 Å². The molecule has 4 aliphatic heterocycles. The van der Waals surface area contributed by atoms with E-state index in [1.165, 1.54) is 6.42 Å². The highest BCUT2D eigenvalue weighted by molar-refractivity contribution is 5.21. The van der Waals surface area contributed by atoms with Crippen LogP contribution in [-0.4, -0.2) is 24.0 Å². The number of benzene rings is 1. The molecule has 5 nitrogen and oxygen atoms in total. The van der Waals surface area contributed by atoms with E-state index >= 15 is 0 Å². The molecule has 6 rings (SSSR count). The van der Waals surface area contributed by atoms with Crippen LogP contribution < -0.4 is 4.74 Å². The molecule has 1 aromatic carbocycles. The van der Waals surface area contributed by atoms with E-state index in [0.717, 1.165) is 25.0 Å². The first-order chi connectivity index (χ1) is 12.5. The predicted molar refractivity (Wildman–Crippen MR) is 93.9 cm³/mol. The zero-order valence-electron chi connectivity index (χ0n) is 15.7. The molecular weight excluding hydrogens is 332 g/mol. The lowest BCUT2D eigenvalue weighted by molar-refractivity contribution is -0.575. The van der Waals surface area contributed by atoms with E-state index in [2.05, 4.69) is 13.8 Å². The van der Waals surface area contributed by atoms with Gasteiger partial charge >= 0.3 is 0 Å². The molecule has 0 amide bonds. The summed E-state index contributed by atoms with van der Waals surface area (Å²) in [4.78, 5) is 12.0. The number of hydrogen-bond acceptors (Lipinski definition) is 5. The fourth-order valence-electron chi connectivity index (χ4n) is 5.64. The van der Waals surface area contributed by atoms with Crippen LogP contribution in [0.4, 0.5) is 0 Å². The van der Waals surface area contributed by atoms with Crippen molar-refractivity contribution in [2.75, 3.05) is 0 Å². The standard InChI is InChI=1S/C21H28O5/c1-13-9-10-17-14(2)18(22-15-7-5-4-6-8-15)23-19-21(17)16(13)11-12-20(3,24-19)25-26-21/h4-8,13-14,16-19H,9-12H2,1-3H3/t13-,14-,16+,17+,18+,19-,20+,21-/m1/s1. The summed E-state index contributed by atoms with van der Waals surface area (Å²) in [5.74, 6) is 1.52. The smallest absolute Gasteiger partial charge is 0.205 e. The molecule has 4 heterocycles. The second-order valence-electron chi connectivity index (χ2n) is 8.70. The summed E-state index contributed by atoms with van der Waals surface area (Å²) in [5, 5.41) is 0. The van der Waals surface area contributed by atoms with Gasteiger partial charge in [-0.2, -0.15) is 0 Å². The predicted octanol–water partition coefficient (Wildman–Crippen LogP) is 4.27. The maximum absolute atomic E-state index is 6.41. The van der Waals surface area contributed by atoms with Crippen molar-refractivity contribution >= 4 is 0 Å². The molecule has 1 spiro atoms. The lowest BCUT2D eigenvalue weighted by atomic mass is 9.58. The number of para-hydroxylation sites is 1. The third-order valence-electron chi connectivity index (χ3n) is 7.09. The maximum Gasteiger partial charge on any atom is 0.205 e. The minimum Gasteiger partial charge on any atom is -0.465 e. The van der Waals surface area contributed by atoms with Crippen molar-refractivity contribution in [3.8, 4) is 5.75 Å². The Kier molecular flexibility index (Phi) is 3.87. The highest BCUT2D eigenvalue weighted by atomic mass is 17.3. The van der Waals surface area contributed by atoms with E-state index in [1.54, 1.807) is 0 Å². The lowest BCUT2D eigenvalue weighted by Crippen LogP contribution is -2.70. The van der Waals surface area contributed by atoms with Gasteiger partial charge in [-0.25, -0.2) is 9.78 Å². The van der Waals surface area contributed by atoms with Gasteiger partial charge in [0, 0.05) is 18.3 Å². The SMILES string of the molecule is C[C@H]1[C@@H](Oc2ccccc2)O[C@@H]2O[C@]3(C)CC[C@H]4[C@H](C)CC[C@@H]1[C@@]24OO3. The summed E-state index contributed by atoms with van der Waals surface area (Å²) in [6.07, 6.45) is 3.35. The Labute approximate surface area is 154 Å². The minimum absolute atomic E-state index is 0.191. The van der Waals surface area contributed by atoms with Crippen molar-refractivity contribution in [1.29, 1.82) is 0 Å². The van der Waals surface area contributed by atoms with E-state index in [1.807, 2.05) is 37.3 Å². The molecule has 142 valence electrons. The van der Waals surface area contributed by atoms with Gasteiger partial charge in [-0.3, -0.25) is 0 Å². The largest absolute Gasteiger partial charge is 0.465 e. The summed E-state index contributed by atoms with van der Waals surface area (Å²) in [6.45, 7) is 6.48. The van der Waals surface area contributed by atoms with Gasteiger partial charge in [-0.15, -0.1) is 0 Å². The molecule has 1 aliphatic carbocycles. The topological polar surface area (TPSA) is 46.2 Å². The summed E-state index contributed by atoms with van der Waals surface area (Å²) < 4.78 is 19.0. The first kappa shape index (κ1) is 17.0. The first-order valence-electron chi connectivity index (χ1n) is 9.94. The molecule has 0 unspecified atom stereocenters. The molecule has 0 aromatic heterocycles. The summed E-state index contributed by atoms with van der Waals surface area (Å²) in [7, 11) is 0. The van der Waals surface area contributed by atoms with Crippen molar-refractivity contribution < 1.29 is 24.0 Å². The van der Waals surface area contributed by atoms with Gasteiger partial charge < -0.3 is 14.2 Å². The van der Waals surface area contributed by atoms with E-state index in [9.17, 15) is 0 Å². The average Bonchev–Trinajstić information content (AvgIpc) is 2.86. The Morgan fingerprint density at radius 2 is 1.81 bits per heavy atom. The molecule has 8 atom stereocenters. The second-order valence-corrected chi connectivity index (χ2v) is 8.70. The minimum atomic E-state index is -0.741. The van der Waals surface area contributed by atoms with Crippen LogP contribution in [0.3, 0.4) is 0 Å². The van der Waals surface area contributed by atoms with Crippen molar-refractivity contribution in [3.63, 3.8) is 0 Å². The second kappa shape index (κ2) is 5.93. The molecule has 26 heavy (non-hydrogen) atoms. The maximum atomic E-state index is 6.41. The number of hydrogen-bond donors (Lipinski definition) is 0. The number of ether oxygens (including phenoxy) is 3. The van der Waals surface area contributed by atoms with Crippen LogP contribution in [0.5, 0.6) is 5.75 Å². The third-order valence-corrected chi connectivity index (χ3v) is 7.09. The zero-order valence-corrected chi connectivity index (χ0v) is 15.7. The molecule has 0 N–H and O–H groups in total. The van der Waals surface area contributed by atoms with Crippen LogP contribution >= 0.6 is 0 Å². The van der Waals surface area contributed by atoms with Gasteiger partial charge in [-0.05, 0) is 50.2 Å². The first-order valence-corrected chi connectivity index (χ1v) is 9.94. The Morgan fingerprint density at radius 3 is 2.62 bits per heavy atom. The summed E-state index contributed by atoms with van der Waals surface area (Å²) >= 11 is 0. The molecule has 4 saturated heterocycles. The molecule has 5 heteroatoms. The van der Waals surface area contributed by atoms with E-state index < -0.39 is 17.7 Å². The van der Waals surface area contributed by atoms with Crippen molar-refractivity contribution in [2.24, 2.45) is 23.7 Å². The van der Waals surface area contributed by atoms with Crippen LogP contribution in [0.25, 0.3) is 0 Å². The van der Waals surface area contributed by atoms with Crippen LogP contribution in [0, 0.1) is 23.7 Å². The van der Waals surface area contributed by atoms with E-state index in [4.69, 9.17) is 24.0 Å². The molecule has 2 bridgehead atoms. The molecule has 5 aliphatic rings. The van der Waals surface area contributed by atoms with E-state index in [-0.39, 0.29) is 12.2 Å². The van der Waals surface area contributed by atoms with Gasteiger partial charge in [0.2, 0.25) is 12.1 Å². The zero-order chi connectivity index (χ0) is 17.9. The quantitative estimate of drug-likeness (QED) is 0.737. The Morgan fingerprint density at radius 1 is 1.00 bits per heavy atom. The molecule has 0 radical (unpaired) electrons. The Bertz CT molecular complexity index is 666. The van der Waals surface area contributed by atoms with Crippen LogP contribution in [0.15, 0.2) is 30.3 Å². The Hall–Kier alpha value is -1.14. The molecule has 1 saturated carbocycles. The van der Waals surface area contributed by atoms with Gasteiger partial charge in [0.05, 0.1) is 0 Å². The highest BCUT2D eigenvalue weighted by Crippen LogP contribution is 2.60. The van der Waals surface area contributed by atoms with Gasteiger partial charge in [0.1, 0.15) is 5.75 Å². The van der Waals surface area contributed by atoms with Crippen molar-refractivity contribution in [3.05, 3.63) is 30.3 Å². The third kappa shape index (κ3) is 2.37. The molecular formula is C21H28O5. The summed E-state index contributed by atoms with van der Waals surface area (Å²) in [5.41, 5.74) is -0.524.